The van der Waals surface area contributed by atoms with Crippen LogP contribution in [0.4, 0.5) is 0 Å². The maximum atomic E-state index is 8.99. The van der Waals surface area contributed by atoms with Gasteiger partial charge in [-0.2, -0.15) is 0 Å². The van der Waals surface area contributed by atoms with Gasteiger partial charge in [-0.25, -0.2) is 0 Å². The van der Waals surface area contributed by atoms with Gasteiger partial charge in [0.25, 0.3) is 0 Å². The van der Waals surface area contributed by atoms with Gasteiger partial charge in [-0.05, 0) is 39.3 Å². The largest absolute Gasteiger partial charge is 0.569 e. The molecule has 0 saturated carbocycles. The molecule has 0 aliphatic rings. The van der Waals surface area contributed by atoms with Crippen LogP contribution in [0.1, 0.15) is 26.3 Å². The molecule has 1 N–H and O–H groups in total. The fourth-order valence-corrected chi connectivity index (χ4v) is 2.69. The third-order valence-corrected chi connectivity index (χ3v) is 3.87. The van der Waals surface area contributed by atoms with Crippen LogP contribution < -0.4 is 4.65 Å². The zero-order valence-corrected chi connectivity index (χ0v) is 12.6. The second-order valence-electron chi connectivity index (χ2n) is 6.33. The Hall–Kier alpha value is -2.00. The summed E-state index contributed by atoms with van der Waals surface area (Å²) in [4.78, 5) is 0. The molecule has 0 aliphatic heterocycles. The highest BCUT2D eigenvalue weighted by molar-refractivity contribution is 6.19. The molecule has 2 nitrogen and oxygen atoms in total. The minimum absolute atomic E-state index is 0.0925. The van der Waals surface area contributed by atoms with Crippen molar-refractivity contribution < 1.29 is 9.68 Å². The third kappa shape index (κ3) is 2.49. The lowest BCUT2D eigenvalue weighted by Crippen LogP contribution is -2.10. The van der Waals surface area contributed by atoms with Gasteiger partial charge in [-0.3, -0.25) is 0 Å². The van der Waals surface area contributed by atoms with Crippen LogP contribution >= 0.6 is 0 Å². The number of hydrogen-bond acceptors (Lipinski definition) is 2. The van der Waals surface area contributed by atoms with Crippen LogP contribution in [0.3, 0.4) is 0 Å². The van der Waals surface area contributed by atoms with Gasteiger partial charge in [0.05, 0.1) is 0 Å². The number of fused-ring (bicyclic) bond motifs is 3. The van der Waals surface area contributed by atoms with E-state index < -0.39 is 0 Å². The summed E-state index contributed by atoms with van der Waals surface area (Å²) in [5, 5.41) is 13.4. The molecule has 21 heavy (non-hydrogen) atoms. The molecule has 0 heterocycles. The molecule has 1 radical (unpaired) electrons. The summed E-state index contributed by atoms with van der Waals surface area (Å²) in [6.45, 7) is 6.62. The van der Waals surface area contributed by atoms with Gasteiger partial charge >= 0.3 is 7.69 Å². The van der Waals surface area contributed by atoms with Crippen LogP contribution in [-0.4, -0.2) is 12.7 Å². The number of benzene rings is 3. The highest BCUT2D eigenvalue weighted by Gasteiger charge is 2.16. The van der Waals surface area contributed by atoms with Gasteiger partial charge in [0.2, 0.25) is 0 Å². The van der Waals surface area contributed by atoms with Crippen molar-refractivity contribution >= 4 is 29.2 Å². The normalized spacial score (nSPS) is 11.8. The Balaban J connectivity index is 2.40. The molecule has 0 unspecified atom stereocenters. The van der Waals surface area contributed by atoms with Crippen molar-refractivity contribution in [2.75, 3.05) is 0 Å². The van der Waals surface area contributed by atoms with Crippen LogP contribution in [0.25, 0.3) is 21.5 Å². The second kappa shape index (κ2) is 5.08. The van der Waals surface area contributed by atoms with Gasteiger partial charge in [0.1, 0.15) is 5.75 Å². The highest BCUT2D eigenvalue weighted by Crippen LogP contribution is 2.36. The Morgan fingerprint density at radius 1 is 0.905 bits per heavy atom. The van der Waals surface area contributed by atoms with Gasteiger partial charge in [0, 0.05) is 5.39 Å². The van der Waals surface area contributed by atoms with Crippen molar-refractivity contribution in [2.45, 2.75) is 26.2 Å². The Morgan fingerprint density at radius 3 is 2.38 bits per heavy atom. The van der Waals surface area contributed by atoms with E-state index in [0.717, 1.165) is 23.8 Å². The first-order valence-electron chi connectivity index (χ1n) is 7.09. The minimum Gasteiger partial charge on any atom is -0.537 e. The summed E-state index contributed by atoms with van der Waals surface area (Å²) in [6.07, 6.45) is 0. The van der Waals surface area contributed by atoms with E-state index in [9.17, 15) is 0 Å². The topological polar surface area (TPSA) is 29.5 Å². The molecule has 0 aromatic heterocycles. The summed E-state index contributed by atoms with van der Waals surface area (Å²) in [7, 11) is 0.737. The van der Waals surface area contributed by atoms with Gasteiger partial charge in [-0.15, -0.1) is 0 Å². The predicted molar refractivity (Wildman–Crippen MR) is 88.8 cm³/mol. The molecule has 3 rings (SSSR count). The van der Waals surface area contributed by atoms with Crippen LogP contribution in [0.5, 0.6) is 5.75 Å². The van der Waals surface area contributed by atoms with E-state index in [1.165, 1.54) is 10.9 Å². The summed E-state index contributed by atoms with van der Waals surface area (Å²) in [5.41, 5.74) is 1.38. The Kier molecular flexibility index (Phi) is 3.38. The molecule has 0 aliphatic carbocycles. The maximum absolute atomic E-state index is 8.99. The molecule has 3 heteroatoms. The van der Waals surface area contributed by atoms with E-state index in [2.05, 4.69) is 51.1 Å². The highest BCUT2D eigenvalue weighted by atomic mass is 16.5. The standard InChI is InChI=1S/C18H18BO2/c1-18(2,3)13-8-9-15-16(11-13)14-7-5-4-6-12(14)10-17(15)21-19-20/h4-11,20H,1-3H3. The molecule has 0 amide bonds. The summed E-state index contributed by atoms with van der Waals surface area (Å²) >= 11 is 0. The Morgan fingerprint density at radius 2 is 1.67 bits per heavy atom. The SMILES string of the molecule is CC(C)(C)c1ccc2c(O[B]O)cc3ccccc3c2c1. The van der Waals surface area contributed by atoms with Crippen molar-refractivity contribution in [3.63, 3.8) is 0 Å². The molecule has 3 aromatic rings. The fraction of sp³-hybridized carbons (Fsp3) is 0.222. The van der Waals surface area contributed by atoms with Crippen LogP contribution in [0.15, 0.2) is 48.5 Å². The third-order valence-electron chi connectivity index (χ3n) is 3.87. The first kappa shape index (κ1) is 14.0. The quantitative estimate of drug-likeness (QED) is 0.562. The lowest BCUT2D eigenvalue weighted by atomic mass is 9.85. The first-order valence-corrected chi connectivity index (χ1v) is 7.09. The van der Waals surface area contributed by atoms with E-state index in [1.807, 2.05) is 18.2 Å². The van der Waals surface area contributed by atoms with Crippen molar-refractivity contribution in [1.82, 2.24) is 0 Å². The molecule has 0 atom stereocenters. The Bertz CT molecular complexity index is 803. The maximum Gasteiger partial charge on any atom is 0.569 e. The molecular weight excluding hydrogens is 259 g/mol. The van der Waals surface area contributed by atoms with Crippen LogP contribution in [0, 0.1) is 0 Å². The van der Waals surface area contributed by atoms with Crippen molar-refractivity contribution in [2.24, 2.45) is 0 Å². The smallest absolute Gasteiger partial charge is 0.537 e. The zero-order chi connectivity index (χ0) is 15.0. The Labute approximate surface area is 125 Å². The van der Waals surface area contributed by atoms with Crippen molar-refractivity contribution in [1.29, 1.82) is 0 Å². The van der Waals surface area contributed by atoms with Crippen molar-refractivity contribution in [3.8, 4) is 5.75 Å². The second-order valence-corrected chi connectivity index (χ2v) is 6.33. The molecule has 105 valence electrons. The average molecular weight is 277 g/mol. The van der Waals surface area contributed by atoms with E-state index >= 15 is 0 Å². The van der Waals surface area contributed by atoms with E-state index in [4.69, 9.17) is 9.68 Å². The summed E-state index contributed by atoms with van der Waals surface area (Å²) < 4.78 is 5.28. The molecule has 3 aromatic carbocycles. The molecule has 0 bridgehead atoms. The lowest BCUT2D eigenvalue weighted by Gasteiger charge is -2.20. The summed E-state index contributed by atoms with van der Waals surface area (Å²) in [6, 6.07) is 16.6. The predicted octanol–water partition coefficient (Wildman–Crippen LogP) is 4.20. The van der Waals surface area contributed by atoms with Gasteiger partial charge < -0.3 is 9.68 Å². The van der Waals surface area contributed by atoms with E-state index in [1.54, 1.807) is 0 Å². The van der Waals surface area contributed by atoms with E-state index in [0.29, 0.717) is 5.75 Å². The molecule has 0 saturated heterocycles. The molecule has 0 fully saturated rings. The van der Waals surface area contributed by atoms with Crippen LogP contribution in [-0.2, 0) is 5.41 Å². The zero-order valence-electron chi connectivity index (χ0n) is 12.6. The first-order chi connectivity index (χ1) is 10.0. The lowest BCUT2D eigenvalue weighted by molar-refractivity contribution is 0.457. The number of hydrogen-bond donors (Lipinski definition) is 1. The van der Waals surface area contributed by atoms with Crippen LogP contribution in [0.2, 0.25) is 0 Å². The summed E-state index contributed by atoms with van der Waals surface area (Å²) in [5.74, 6) is 0.673. The van der Waals surface area contributed by atoms with Gasteiger partial charge in [0.15, 0.2) is 0 Å². The average Bonchev–Trinajstić information content (AvgIpc) is 2.46. The molecular formula is C18H18BO2. The van der Waals surface area contributed by atoms with E-state index in [-0.39, 0.29) is 5.41 Å². The molecule has 0 spiro atoms. The van der Waals surface area contributed by atoms with Gasteiger partial charge in [-0.1, -0.05) is 57.2 Å². The fourth-order valence-electron chi connectivity index (χ4n) is 2.69. The monoisotopic (exact) mass is 277 g/mol. The minimum atomic E-state index is 0.0925. The van der Waals surface area contributed by atoms with Crippen molar-refractivity contribution in [3.05, 3.63) is 54.1 Å². The number of rotatable bonds is 2.